The molecule has 0 radical (unpaired) electrons. The van der Waals surface area contributed by atoms with E-state index in [0.29, 0.717) is 0 Å². The van der Waals surface area contributed by atoms with Crippen LogP contribution in [0.3, 0.4) is 0 Å². The smallest absolute Gasteiger partial charge is 0.347 e. The van der Waals surface area contributed by atoms with Crippen molar-refractivity contribution in [2.24, 2.45) is 5.73 Å². The molecule has 0 aliphatic rings. The third-order valence-corrected chi connectivity index (χ3v) is 0.494. The lowest BCUT2D eigenvalue weighted by Crippen LogP contribution is -2.60. The number of rotatable bonds is 1. The van der Waals surface area contributed by atoms with Gasteiger partial charge >= 0.3 is 11.9 Å². The highest BCUT2D eigenvalue weighted by Gasteiger charge is 2.42. The fraction of sp³-hybridized carbons (Fsp3) is 1.00. The van der Waals surface area contributed by atoms with E-state index in [2.05, 4.69) is 5.73 Å². The zero-order chi connectivity index (χ0) is 7.00. The Morgan fingerprint density at radius 2 is 1.00 bits per heavy atom. The predicted molar refractivity (Wildman–Crippen MR) is 20.7 cm³/mol. The van der Waals surface area contributed by atoms with E-state index in [4.69, 9.17) is 25.5 Å². The van der Waals surface area contributed by atoms with Gasteiger partial charge in [-0.25, -0.2) is 0 Å². The average Bonchev–Trinajstić information content (AvgIpc) is 1.25. The summed E-state index contributed by atoms with van der Waals surface area (Å²) in [4.78, 5) is 0. The molecule has 0 rings (SSSR count). The topological polar surface area (TPSA) is 127 Å². The molecular formula is C2H7NO5. The van der Waals surface area contributed by atoms with Gasteiger partial charge in [0.15, 0.2) is 0 Å². The summed E-state index contributed by atoms with van der Waals surface area (Å²) in [7, 11) is 0. The molecule has 0 amide bonds. The first-order chi connectivity index (χ1) is 3.25. The van der Waals surface area contributed by atoms with Crippen LogP contribution in [0.4, 0.5) is 0 Å². The van der Waals surface area contributed by atoms with Crippen molar-refractivity contribution in [1.29, 1.82) is 0 Å². The predicted octanol–water partition coefficient (Wildman–Crippen LogP) is -3.79. The number of hydrogen-bond donors (Lipinski definition) is 6. The van der Waals surface area contributed by atoms with Crippen molar-refractivity contribution in [2.75, 3.05) is 0 Å². The highest BCUT2D eigenvalue weighted by atomic mass is 16.7. The number of nitrogens with two attached hydrogens (primary N) is 1. The van der Waals surface area contributed by atoms with E-state index in [9.17, 15) is 0 Å². The Bertz CT molecular complexity index is 65.4. The van der Waals surface area contributed by atoms with Crippen LogP contribution in [0.5, 0.6) is 0 Å². The minimum absolute atomic E-state index is 3.40. The maximum Gasteiger partial charge on any atom is 0.348 e. The quantitative estimate of drug-likeness (QED) is 0.199. The van der Waals surface area contributed by atoms with Crippen LogP contribution in [0.25, 0.3) is 0 Å². The van der Waals surface area contributed by atoms with Crippen molar-refractivity contribution >= 4 is 0 Å². The van der Waals surface area contributed by atoms with Crippen LogP contribution >= 0.6 is 0 Å². The lowest BCUT2D eigenvalue weighted by molar-refractivity contribution is -0.444. The van der Waals surface area contributed by atoms with Crippen molar-refractivity contribution < 1.29 is 25.5 Å². The average molecular weight is 125 g/mol. The molecule has 7 N–H and O–H groups in total. The molecule has 0 fully saturated rings. The van der Waals surface area contributed by atoms with E-state index in [1.807, 2.05) is 0 Å². The van der Waals surface area contributed by atoms with Gasteiger partial charge in [0.25, 0.3) is 0 Å². The molecule has 6 heteroatoms. The molecule has 0 unspecified atom stereocenters. The van der Waals surface area contributed by atoms with Gasteiger partial charge < -0.3 is 25.5 Å². The zero-order valence-corrected chi connectivity index (χ0v) is 3.81. The van der Waals surface area contributed by atoms with Crippen LogP contribution in [0, 0.1) is 0 Å². The molecule has 0 aliphatic heterocycles. The van der Waals surface area contributed by atoms with E-state index in [-0.39, 0.29) is 0 Å². The SMILES string of the molecule is NC(O)(O)C(O)(O)O. The van der Waals surface area contributed by atoms with Crippen LogP contribution < -0.4 is 5.73 Å². The van der Waals surface area contributed by atoms with Gasteiger partial charge in [0.1, 0.15) is 0 Å². The molecule has 0 aliphatic carbocycles. The molecule has 0 bridgehead atoms. The second kappa shape index (κ2) is 1.62. The standard InChI is InChI=1S/C2H7NO5/c3-1(4,5)2(6,7)8/h4-8H,3H2. The molecule has 0 aromatic heterocycles. The highest BCUT2D eigenvalue weighted by molar-refractivity contribution is 4.61. The fourth-order valence-corrected chi connectivity index (χ4v) is 0. The van der Waals surface area contributed by atoms with E-state index in [0.717, 1.165) is 0 Å². The summed E-state index contributed by atoms with van der Waals surface area (Å²) < 4.78 is 0. The van der Waals surface area contributed by atoms with Gasteiger partial charge in [0.2, 0.25) is 0 Å². The highest BCUT2D eigenvalue weighted by Crippen LogP contribution is 2.04. The maximum absolute atomic E-state index is 7.94. The van der Waals surface area contributed by atoms with Crippen LogP contribution in [-0.4, -0.2) is 37.4 Å². The minimum atomic E-state index is -3.67. The van der Waals surface area contributed by atoms with E-state index < -0.39 is 11.9 Å². The summed E-state index contributed by atoms with van der Waals surface area (Å²) in [6.07, 6.45) is 0. The normalized spacial score (nSPS) is 14.2. The lowest BCUT2D eigenvalue weighted by atomic mass is 10.4. The second-order valence-corrected chi connectivity index (χ2v) is 1.36. The first-order valence-electron chi connectivity index (χ1n) is 1.66. The molecule has 0 spiro atoms. The maximum atomic E-state index is 7.94. The molecule has 0 saturated carbocycles. The molecule has 0 heterocycles. The first-order valence-corrected chi connectivity index (χ1v) is 1.66. The number of aliphatic hydroxyl groups is 5. The molecule has 50 valence electrons. The van der Waals surface area contributed by atoms with Crippen molar-refractivity contribution in [3.63, 3.8) is 0 Å². The Labute approximate surface area is 44.4 Å². The summed E-state index contributed by atoms with van der Waals surface area (Å²) in [6, 6.07) is 0. The minimum Gasteiger partial charge on any atom is -0.347 e. The third-order valence-electron chi connectivity index (χ3n) is 0.494. The summed E-state index contributed by atoms with van der Waals surface area (Å²) >= 11 is 0. The van der Waals surface area contributed by atoms with Crippen molar-refractivity contribution in [2.45, 2.75) is 11.9 Å². The van der Waals surface area contributed by atoms with Gasteiger partial charge in [-0.1, -0.05) is 0 Å². The monoisotopic (exact) mass is 125 g/mol. The lowest BCUT2D eigenvalue weighted by Gasteiger charge is -2.24. The molecule has 0 atom stereocenters. The number of hydrogen-bond acceptors (Lipinski definition) is 6. The summed E-state index contributed by atoms with van der Waals surface area (Å²) in [5.74, 6) is -7.07. The summed E-state index contributed by atoms with van der Waals surface area (Å²) in [6.45, 7) is 0. The molecule has 6 nitrogen and oxygen atoms in total. The van der Waals surface area contributed by atoms with Gasteiger partial charge in [-0.05, 0) is 0 Å². The van der Waals surface area contributed by atoms with Crippen molar-refractivity contribution in [3.05, 3.63) is 0 Å². The molecule has 0 saturated heterocycles. The fourth-order valence-electron chi connectivity index (χ4n) is 0. The molecule has 0 aromatic carbocycles. The summed E-state index contributed by atoms with van der Waals surface area (Å²) in [5.41, 5.74) is 4.17. The van der Waals surface area contributed by atoms with Crippen molar-refractivity contribution in [3.8, 4) is 0 Å². The second-order valence-electron chi connectivity index (χ2n) is 1.36. The Morgan fingerprint density at radius 3 is 1.00 bits per heavy atom. The van der Waals surface area contributed by atoms with E-state index in [1.54, 1.807) is 0 Å². The van der Waals surface area contributed by atoms with Crippen LogP contribution in [0.1, 0.15) is 0 Å². The zero-order valence-electron chi connectivity index (χ0n) is 3.81. The molecule has 8 heavy (non-hydrogen) atoms. The van der Waals surface area contributed by atoms with Crippen molar-refractivity contribution in [1.82, 2.24) is 0 Å². The Kier molecular flexibility index (Phi) is 1.57. The van der Waals surface area contributed by atoms with Gasteiger partial charge in [-0.3, -0.25) is 5.73 Å². The van der Waals surface area contributed by atoms with Crippen LogP contribution in [0.2, 0.25) is 0 Å². The van der Waals surface area contributed by atoms with Gasteiger partial charge in [0.05, 0.1) is 0 Å². The first kappa shape index (κ1) is 7.76. The molecular weight excluding hydrogens is 118 g/mol. The Balaban J connectivity index is 4.02. The van der Waals surface area contributed by atoms with Gasteiger partial charge in [-0.15, -0.1) is 0 Å². The van der Waals surface area contributed by atoms with Gasteiger partial charge in [-0.2, -0.15) is 0 Å². The summed E-state index contributed by atoms with van der Waals surface area (Å²) in [5, 5.41) is 39.4. The third kappa shape index (κ3) is 1.70. The Morgan fingerprint density at radius 1 is 0.875 bits per heavy atom. The molecule has 0 aromatic rings. The van der Waals surface area contributed by atoms with E-state index >= 15 is 0 Å². The van der Waals surface area contributed by atoms with Crippen LogP contribution in [0.15, 0.2) is 0 Å². The van der Waals surface area contributed by atoms with E-state index in [1.165, 1.54) is 0 Å². The van der Waals surface area contributed by atoms with Gasteiger partial charge in [0, 0.05) is 0 Å². The largest absolute Gasteiger partial charge is 0.348 e. The van der Waals surface area contributed by atoms with Crippen LogP contribution in [-0.2, 0) is 0 Å². The Hall–Kier alpha value is -0.240.